The van der Waals surface area contributed by atoms with E-state index in [9.17, 15) is 0 Å². The average molecular weight is 557 g/mol. The molecule has 202 valence electrons. The Labute approximate surface area is 252 Å². The summed E-state index contributed by atoms with van der Waals surface area (Å²) in [5.41, 5.74) is 12.7. The van der Waals surface area contributed by atoms with Gasteiger partial charge in [-0.1, -0.05) is 109 Å². The topological polar surface area (TPSA) is 8.82 Å². The molecule has 0 radical (unpaired) electrons. The lowest BCUT2D eigenvalue weighted by Crippen LogP contribution is -1.84. The van der Waals surface area contributed by atoms with Crippen molar-refractivity contribution in [3.8, 4) is 22.3 Å². The Balaban J connectivity index is 1.15. The summed E-state index contributed by atoms with van der Waals surface area (Å²) < 4.78 is 4.93. The number of aromatic nitrogens is 2. The van der Waals surface area contributed by atoms with Crippen molar-refractivity contribution < 1.29 is 0 Å². The largest absolute Gasteiger partial charge is 0.308 e. The van der Waals surface area contributed by atoms with E-state index in [0.717, 1.165) is 0 Å². The van der Waals surface area contributed by atoms with Crippen molar-refractivity contribution in [2.45, 2.75) is 0 Å². The Morgan fingerprint density at radius 3 is 1.39 bits per heavy atom. The summed E-state index contributed by atoms with van der Waals surface area (Å²) in [5, 5.41) is 10.5. The first-order valence-electron chi connectivity index (χ1n) is 15.3. The van der Waals surface area contributed by atoms with Gasteiger partial charge in [-0.25, -0.2) is 0 Å². The first-order valence-corrected chi connectivity index (χ1v) is 15.3. The van der Waals surface area contributed by atoms with E-state index in [0.29, 0.717) is 0 Å². The molecule has 0 amide bonds. The van der Waals surface area contributed by atoms with Gasteiger partial charge in [-0.05, 0) is 58.7 Å². The second-order valence-electron chi connectivity index (χ2n) is 12.2. The quantitative estimate of drug-likeness (QED) is 0.200. The Bertz CT molecular complexity index is 2920. The molecule has 0 atom stereocenters. The summed E-state index contributed by atoms with van der Waals surface area (Å²) in [7, 11) is 0. The zero-order chi connectivity index (χ0) is 28.5. The van der Waals surface area contributed by atoms with Gasteiger partial charge in [0.05, 0.1) is 33.1 Å². The Kier molecular flexibility index (Phi) is 4.10. The molecule has 0 aliphatic rings. The van der Waals surface area contributed by atoms with E-state index in [1.54, 1.807) is 0 Å². The van der Waals surface area contributed by atoms with Gasteiger partial charge >= 0.3 is 0 Å². The molecule has 44 heavy (non-hydrogen) atoms. The lowest BCUT2D eigenvalue weighted by molar-refractivity contribution is 1.37. The van der Waals surface area contributed by atoms with Crippen LogP contribution in [0.3, 0.4) is 0 Å². The molecule has 7 aromatic carbocycles. The van der Waals surface area contributed by atoms with Gasteiger partial charge in [0.25, 0.3) is 0 Å². The van der Waals surface area contributed by atoms with Crippen molar-refractivity contribution in [2.24, 2.45) is 0 Å². The summed E-state index contributed by atoms with van der Waals surface area (Å²) in [6.45, 7) is 0. The van der Waals surface area contributed by atoms with E-state index in [1.807, 2.05) is 0 Å². The summed E-state index contributed by atoms with van der Waals surface area (Å²) in [6, 6.07) is 53.9. The maximum Gasteiger partial charge on any atom is 0.0620 e. The van der Waals surface area contributed by atoms with E-state index < -0.39 is 0 Å². The van der Waals surface area contributed by atoms with Crippen molar-refractivity contribution >= 4 is 76.2 Å². The molecule has 0 bridgehead atoms. The molecule has 4 aromatic heterocycles. The molecule has 0 unspecified atom stereocenters. The molecule has 11 rings (SSSR count). The number of benzene rings is 7. The first-order chi connectivity index (χ1) is 21.8. The molecule has 0 spiro atoms. The number of nitrogens with zero attached hydrogens (tertiary/aromatic N) is 2. The number of fused-ring (bicyclic) bond motifs is 12. The first kappa shape index (κ1) is 22.7. The lowest BCUT2D eigenvalue weighted by atomic mass is 9.99. The molecule has 2 heteroatoms. The smallest absolute Gasteiger partial charge is 0.0620 e. The molecule has 0 aliphatic heterocycles. The molecular weight excluding hydrogens is 532 g/mol. The van der Waals surface area contributed by atoms with Gasteiger partial charge in [-0.2, -0.15) is 0 Å². The maximum atomic E-state index is 2.47. The van der Waals surface area contributed by atoms with Crippen LogP contribution in [0.15, 0.2) is 146 Å². The highest BCUT2D eigenvalue weighted by Gasteiger charge is 2.20. The van der Waals surface area contributed by atoms with Gasteiger partial charge in [0, 0.05) is 43.1 Å². The van der Waals surface area contributed by atoms with E-state index in [-0.39, 0.29) is 0 Å². The second-order valence-corrected chi connectivity index (χ2v) is 12.2. The fourth-order valence-corrected chi connectivity index (χ4v) is 8.08. The Hall–Kier alpha value is -5.86. The van der Waals surface area contributed by atoms with Crippen LogP contribution in [0.25, 0.3) is 98.4 Å². The predicted octanol–water partition coefficient (Wildman–Crippen LogP) is 11.3. The van der Waals surface area contributed by atoms with E-state index >= 15 is 0 Å². The van der Waals surface area contributed by atoms with Crippen LogP contribution in [0.4, 0.5) is 0 Å². The molecule has 0 saturated heterocycles. The third-order valence-electron chi connectivity index (χ3n) is 9.98. The minimum absolute atomic E-state index is 1.24. The number of hydrogen-bond acceptors (Lipinski definition) is 0. The highest BCUT2D eigenvalue weighted by Crippen LogP contribution is 2.43. The number of hydrogen-bond donors (Lipinski definition) is 0. The van der Waals surface area contributed by atoms with Crippen LogP contribution >= 0.6 is 0 Å². The van der Waals surface area contributed by atoms with Gasteiger partial charge in [0.2, 0.25) is 0 Å². The van der Waals surface area contributed by atoms with Crippen LogP contribution in [0, 0.1) is 0 Å². The molecule has 4 heterocycles. The van der Waals surface area contributed by atoms with Gasteiger partial charge in [0.15, 0.2) is 0 Å². The molecule has 0 saturated carbocycles. The van der Waals surface area contributed by atoms with Gasteiger partial charge in [0.1, 0.15) is 0 Å². The third kappa shape index (κ3) is 2.72. The lowest BCUT2D eigenvalue weighted by Gasteiger charge is -2.06. The van der Waals surface area contributed by atoms with E-state index in [1.165, 1.54) is 98.4 Å². The summed E-state index contributed by atoms with van der Waals surface area (Å²) in [4.78, 5) is 0. The molecule has 2 nitrogen and oxygen atoms in total. The van der Waals surface area contributed by atoms with Crippen LogP contribution in [0.1, 0.15) is 0 Å². The predicted molar refractivity (Wildman–Crippen MR) is 187 cm³/mol. The van der Waals surface area contributed by atoms with Gasteiger partial charge in [-0.15, -0.1) is 0 Å². The molecular formula is C42H24N2. The van der Waals surface area contributed by atoms with Crippen LogP contribution in [-0.2, 0) is 0 Å². The molecule has 0 aliphatic carbocycles. The highest BCUT2D eigenvalue weighted by atomic mass is 14.9. The van der Waals surface area contributed by atoms with Crippen molar-refractivity contribution in [3.63, 3.8) is 0 Å². The second kappa shape index (κ2) is 7.94. The van der Waals surface area contributed by atoms with Crippen molar-refractivity contribution in [1.82, 2.24) is 8.80 Å². The monoisotopic (exact) mass is 556 g/mol. The van der Waals surface area contributed by atoms with E-state index in [2.05, 4.69) is 154 Å². The molecule has 0 fully saturated rings. The standard InChI is InChI=1S/C42H24N2/c1-2-8-25(9-3-1)26-17-20-38-35(22-26)33-13-7-14-34-36-23-27(18-21-39(36)43(38)42(33)34)28-16-19-30-32-12-6-11-31-29-10-4-5-15-37(29)44(41(31)32)40(30)24-28/h1-24H. The third-order valence-corrected chi connectivity index (χ3v) is 9.98. The van der Waals surface area contributed by atoms with E-state index in [4.69, 9.17) is 0 Å². The molecule has 11 aromatic rings. The van der Waals surface area contributed by atoms with Crippen molar-refractivity contribution in [1.29, 1.82) is 0 Å². The number of rotatable bonds is 2. The van der Waals surface area contributed by atoms with Crippen molar-refractivity contribution in [2.75, 3.05) is 0 Å². The number of para-hydroxylation sites is 3. The van der Waals surface area contributed by atoms with Crippen LogP contribution < -0.4 is 0 Å². The average Bonchev–Trinajstić information content (AvgIpc) is 3.81. The minimum Gasteiger partial charge on any atom is -0.308 e. The molecule has 0 N–H and O–H groups in total. The normalized spacial score (nSPS) is 12.5. The van der Waals surface area contributed by atoms with Gasteiger partial charge < -0.3 is 8.80 Å². The summed E-state index contributed by atoms with van der Waals surface area (Å²) in [6.07, 6.45) is 0. The van der Waals surface area contributed by atoms with Crippen LogP contribution in [0.5, 0.6) is 0 Å². The fourth-order valence-electron chi connectivity index (χ4n) is 8.08. The van der Waals surface area contributed by atoms with Crippen LogP contribution in [-0.4, -0.2) is 8.80 Å². The summed E-state index contributed by atoms with van der Waals surface area (Å²) >= 11 is 0. The summed E-state index contributed by atoms with van der Waals surface area (Å²) in [5.74, 6) is 0. The fraction of sp³-hybridized carbons (Fsp3) is 0. The SMILES string of the molecule is c1ccc(-c2ccc3c(c2)c2cccc4c5cc(-c6ccc7c8cccc9c%10ccccc%10n(c7c6)c98)ccc5n3c24)cc1. The zero-order valence-electron chi connectivity index (χ0n) is 23.8. The Morgan fingerprint density at radius 1 is 0.250 bits per heavy atom. The Morgan fingerprint density at radius 2 is 0.705 bits per heavy atom. The van der Waals surface area contributed by atoms with Gasteiger partial charge in [-0.3, -0.25) is 0 Å². The maximum absolute atomic E-state index is 2.47. The van der Waals surface area contributed by atoms with Crippen molar-refractivity contribution in [3.05, 3.63) is 146 Å². The highest BCUT2D eigenvalue weighted by molar-refractivity contribution is 6.25. The minimum atomic E-state index is 1.24. The zero-order valence-corrected chi connectivity index (χ0v) is 23.8. The van der Waals surface area contributed by atoms with Crippen LogP contribution in [0.2, 0.25) is 0 Å².